The first-order chi connectivity index (χ1) is 9.04. The van der Waals surface area contributed by atoms with Gasteiger partial charge in [-0.25, -0.2) is 14.0 Å². The molecule has 0 aliphatic rings. The van der Waals surface area contributed by atoms with Gasteiger partial charge in [0, 0.05) is 5.56 Å². The van der Waals surface area contributed by atoms with Crippen molar-refractivity contribution in [3.63, 3.8) is 0 Å². The number of rotatable bonds is 1. The van der Waals surface area contributed by atoms with Gasteiger partial charge in [0.15, 0.2) is 0 Å². The number of carbonyl (C=O) groups excluding carboxylic acids is 1. The molecule has 0 bridgehead atoms. The van der Waals surface area contributed by atoms with Gasteiger partial charge >= 0.3 is 12.2 Å². The third-order valence-corrected chi connectivity index (χ3v) is 2.34. The summed E-state index contributed by atoms with van der Waals surface area (Å²) in [6, 6.07) is 1.95. The first kappa shape index (κ1) is 15.7. The van der Waals surface area contributed by atoms with Crippen molar-refractivity contribution in [1.29, 1.82) is 0 Å². The van der Waals surface area contributed by atoms with E-state index < -0.39 is 29.3 Å². The summed E-state index contributed by atoms with van der Waals surface area (Å²) in [6.07, 6.45) is -2.94. The number of benzene rings is 1. The molecule has 1 aromatic carbocycles. The number of ether oxygens (including phenoxy) is 1. The summed E-state index contributed by atoms with van der Waals surface area (Å²) in [5.74, 6) is -1.27. The number of carboxylic acid groups (broad SMARTS) is 1. The number of halogens is 1. The lowest BCUT2D eigenvalue weighted by Crippen LogP contribution is -2.41. The van der Waals surface area contributed by atoms with Crippen molar-refractivity contribution in [3.05, 3.63) is 23.5 Å². The highest BCUT2D eigenvalue weighted by molar-refractivity contribution is 6.09. The SMILES string of the molecule is Cc1c(O)ccc(F)c1N(C(=O)O)C(=O)OC(C)(C)C. The average Bonchev–Trinajstić information content (AvgIpc) is 2.26. The first-order valence-electron chi connectivity index (χ1n) is 5.78. The van der Waals surface area contributed by atoms with Crippen LogP contribution in [-0.4, -0.2) is 28.0 Å². The van der Waals surface area contributed by atoms with Crippen LogP contribution in [0.5, 0.6) is 5.75 Å². The van der Waals surface area contributed by atoms with Crippen molar-refractivity contribution < 1.29 is 28.9 Å². The van der Waals surface area contributed by atoms with Crippen molar-refractivity contribution >= 4 is 17.9 Å². The summed E-state index contributed by atoms with van der Waals surface area (Å²) < 4.78 is 18.7. The van der Waals surface area contributed by atoms with Crippen molar-refractivity contribution in [2.45, 2.75) is 33.3 Å². The molecule has 0 unspecified atom stereocenters. The van der Waals surface area contributed by atoms with E-state index in [1.54, 1.807) is 20.8 Å². The minimum Gasteiger partial charge on any atom is -0.508 e. The van der Waals surface area contributed by atoms with E-state index in [-0.39, 0.29) is 16.2 Å². The van der Waals surface area contributed by atoms with Gasteiger partial charge in [-0.1, -0.05) is 0 Å². The molecule has 0 fully saturated rings. The third kappa shape index (κ3) is 3.37. The van der Waals surface area contributed by atoms with Crippen LogP contribution >= 0.6 is 0 Å². The molecule has 0 spiro atoms. The Labute approximate surface area is 115 Å². The van der Waals surface area contributed by atoms with Crippen LogP contribution in [0.25, 0.3) is 0 Å². The minimum absolute atomic E-state index is 0.0711. The van der Waals surface area contributed by atoms with Crippen molar-refractivity contribution in [2.24, 2.45) is 0 Å². The van der Waals surface area contributed by atoms with Gasteiger partial charge in [-0.15, -0.1) is 0 Å². The zero-order valence-electron chi connectivity index (χ0n) is 11.6. The maximum absolute atomic E-state index is 13.8. The fourth-order valence-corrected chi connectivity index (χ4v) is 1.50. The number of nitrogens with zero attached hydrogens (tertiary/aromatic N) is 1. The Kier molecular flexibility index (Phi) is 4.22. The molecule has 0 aliphatic carbocycles. The van der Waals surface area contributed by atoms with Crippen LogP contribution in [0.15, 0.2) is 12.1 Å². The minimum atomic E-state index is -1.70. The zero-order chi connectivity index (χ0) is 15.7. The second-order valence-corrected chi connectivity index (χ2v) is 5.14. The largest absolute Gasteiger partial charge is 0.508 e. The van der Waals surface area contributed by atoms with Crippen LogP contribution in [-0.2, 0) is 4.74 Å². The molecule has 0 saturated carbocycles. The smallest absolute Gasteiger partial charge is 0.424 e. The van der Waals surface area contributed by atoms with Crippen molar-refractivity contribution in [3.8, 4) is 5.75 Å². The van der Waals surface area contributed by atoms with Crippen LogP contribution in [0, 0.1) is 12.7 Å². The predicted octanol–water partition coefficient (Wildman–Crippen LogP) is 3.26. The van der Waals surface area contributed by atoms with Crippen LogP contribution in [0.1, 0.15) is 26.3 Å². The lowest BCUT2D eigenvalue weighted by Gasteiger charge is -2.25. The summed E-state index contributed by atoms with van der Waals surface area (Å²) in [5.41, 5.74) is -1.56. The topological polar surface area (TPSA) is 87.1 Å². The molecular formula is C13H16FNO5. The van der Waals surface area contributed by atoms with E-state index in [1.165, 1.54) is 6.92 Å². The molecule has 2 N–H and O–H groups in total. The Hall–Kier alpha value is -2.31. The number of carbonyl (C=O) groups is 2. The number of amides is 2. The van der Waals surface area contributed by atoms with Gasteiger partial charge in [0.1, 0.15) is 22.9 Å². The summed E-state index contributed by atoms with van der Waals surface area (Å²) >= 11 is 0. The number of aromatic hydroxyl groups is 1. The number of hydrogen-bond donors (Lipinski definition) is 2. The molecule has 0 atom stereocenters. The van der Waals surface area contributed by atoms with E-state index in [9.17, 15) is 19.1 Å². The summed E-state index contributed by atoms with van der Waals surface area (Å²) in [6.45, 7) is 5.96. The molecule has 0 saturated heterocycles. The quantitative estimate of drug-likeness (QED) is 0.827. The van der Waals surface area contributed by atoms with E-state index >= 15 is 0 Å². The second-order valence-electron chi connectivity index (χ2n) is 5.14. The summed E-state index contributed by atoms with van der Waals surface area (Å²) in [5, 5.41) is 18.6. The Morgan fingerprint density at radius 2 is 1.85 bits per heavy atom. The molecular weight excluding hydrogens is 269 g/mol. The Balaban J connectivity index is 3.33. The highest BCUT2D eigenvalue weighted by Crippen LogP contribution is 2.31. The van der Waals surface area contributed by atoms with Crippen LogP contribution in [0.3, 0.4) is 0 Å². The molecule has 1 aromatic rings. The highest BCUT2D eigenvalue weighted by atomic mass is 19.1. The van der Waals surface area contributed by atoms with Gasteiger partial charge in [-0.3, -0.25) is 0 Å². The predicted molar refractivity (Wildman–Crippen MR) is 69.5 cm³/mol. The molecule has 7 heteroatoms. The van der Waals surface area contributed by atoms with E-state index in [0.29, 0.717) is 0 Å². The van der Waals surface area contributed by atoms with E-state index in [2.05, 4.69) is 0 Å². The molecule has 110 valence electrons. The number of phenols is 1. The molecule has 0 heterocycles. The van der Waals surface area contributed by atoms with Gasteiger partial charge < -0.3 is 14.9 Å². The molecule has 1 rings (SSSR count). The van der Waals surface area contributed by atoms with Crippen molar-refractivity contribution in [2.75, 3.05) is 4.90 Å². The summed E-state index contributed by atoms with van der Waals surface area (Å²) in [7, 11) is 0. The molecule has 0 radical (unpaired) electrons. The molecule has 0 aromatic heterocycles. The lowest BCUT2D eigenvalue weighted by atomic mass is 10.1. The van der Waals surface area contributed by atoms with E-state index in [0.717, 1.165) is 12.1 Å². The first-order valence-corrected chi connectivity index (χ1v) is 5.78. The Bertz CT molecular complexity index is 550. The Morgan fingerprint density at radius 3 is 2.30 bits per heavy atom. The van der Waals surface area contributed by atoms with Gasteiger partial charge in [0.2, 0.25) is 0 Å². The fourth-order valence-electron chi connectivity index (χ4n) is 1.50. The second kappa shape index (κ2) is 5.36. The maximum atomic E-state index is 13.8. The van der Waals surface area contributed by atoms with E-state index in [4.69, 9.17) is 9.84 Å². The molecule has 2 amide bonds. The van der Waals surface area contributed by atoms with Crippen LogP contribution in [0.4, 0.5) is 19.7 Å². The number of anilines is 1. The van der Waals surface area contributed by atoms with Crippen molar-refractivity contribution in [1.82, 2.24) is 0 Å². The average molecular weight is 285 g/mol. The standard InChI is InChI=1S/C13H16FNO5/c1-7-9(16)6-5-8(14)10(7)15(11(17)18)12(19)20-13(2,3)4/h5-6,16H,1-4H3,(H,17,18). The van der Waals surface area contributed by atoms with Gasteiger partial charge in [0.05, 0.1) is 0 Å². The lowest BCUT2D eigenvalue weighted by molar-refractivity contribution is 0.0580. The number of phenolic OH excluding ortho intramolecular Hbond substituents is 1. The highest BCUT2D eigenvalue weighted by Gasteiger charge is 2.32. The monoisotopic (exact) mass is 285 g/mol. The molecule has 20 heavy (non-hydrogen) atoms. The van der Waals surface area contributed by atoms with Crippen LogP contribution in [0.2, 0.25) is 0 Å². The molecule has 6 nitrogen and oxygen atoms in total. The normalized spacial score (nSPS) is 11.1. The fraction of sp³-hybridized carbons (Fsp3) is 0.385. The zero-order valence-corrected chi connectivity index (χ0v) is 11.6. The van der Waals surface area contributed by atoms with E-state index in [1.807, 2.05) is 0 Å². The van der Waals surface area contributed by atoms with Gasteiger partial charge in [0.25, 0.3) is 0 Å². The molecule has 0 aliphatic heterocycles. The Morgan fingerprint density at radius 1 is 1.30 bits per heavy atom. The summed E-state index contributed by atoms with van der Waals surface area (Å²) in [4.78, 5) is 23.2. The number of imide groups is 1. The van der Waals surface area contributed by atoms with Gasteiger partial charge in [-0.05, 0) is 39.8 Å². The maximum Gasteiger partial charge on any atom is 0.424 e. The van der Waals surface area contributed by atoms with Gasteiger partial charge in [-0.2, -0.15) is 4.90 Å². The van der Waals surface area contributed by atoms with Crippen LogP contribution < -0.4 is 4.90 Å². The third-order valence-electron chi connectivity index (χ3n) is 2.34. The number of hydrogen-bond acceptors (Lipinski definition) is 4.